The zero-order chi connectivity index (χ0) is 17.4. The van der Waals surface area contributed by atoms with Crippen LogP contribution in [-0.4, -0.2) is 33.3 Å². The maximum Gasteiger partial charge on any atom is 0.376 e. The molecule has 4 nitrogen and oxygen atoms in total. The fourth-order valence-electron chi connectivity index (χ4n) is 2.32. The van der Waals surface area contributed by atoms with E-state index in [2.05, 4.69) is 9.55 Å². The second kappa shape index (κ2) is 6.08. The van der Waals surface area contributed by atoms with Gasteiger partial charge in [0.05, 0.1) is 22.2 Å². The molecule has 123 valence electrons. The average molecular weight is 321 g/mol. The number of benzene rings is 2. The van der Waals surface area contributed by atoms with Crippen molar-refractivity contribution in [2.24, 2.45) is 0 Å². The van der Waals surface area contributed by atoms with Gasteiger partial charge in [0, 0.05) is 5.69 Å². The van der Waals surface area contributed by atoms with E-state index in [0.29, 0.717) is 5.72 Å². The van der Waals surface area contributed by atoms with Crippen molar-refractivity contribution in [1.29, 1.82) is 0 Å². The number of hydrogen-bond donors (Lipinski definition) is 1. The predicted molar refractivity (Wildman–Crippen MR) is 97.9 cm³/mol. The second-order valence-corrected chi connectivity index (χ2v) is 6.93. The Morgan fingerprint density at radius 3 is 2.25 bits per heavy atom. The van der Waals surface area contributed by atoms with E-state index >= 15 is 0 Å². The zero-order valence-electron chi connectivity index (χ0n) is 14.5. The number of para-hydroxylation sites is 3. The molecule has 0 saturated heterocycles. The molecule has 1 N–H and O–H groups in total. The first kappa shape index (κ1) is 16.7. The molecule has 1 heterocycles. The zero-order valence-corrected chi connectivity index (χ0v) is 14.5. The summed E-state index contributed by atoms with van der Waals surface area (Å²) < 4.78 is 7.96. The normalized spacial score (nSPS) is 12.5. The van der Waals surface area contributed by atoms with Crippen LogP contribution in [0.25, 0.3) is 16.7 Å². The fourth-order valence-corrected chi connectivity index (χ4v) is 2.32. The molecule has 1 radical (unpaired) electrons. The predicted octanol–water partition coefficient (Wildman–Crippen LogP) is 2.84. The Morgan fingerprint density at radius 2 is 1.58 bits per heavy atom. The lowest BCUT2D eigenvalue weighted by atomic mass is 9.86. The van der Waals surface area contributed by atoms with Gasteiger partial charge in [-0.1, -0.05) is 30.3 Å². The van der Waals surface area contributed by atoms with Gasteiger partial charge in [-0.3, -0.25) is 0 Å². The Balaban J connectivity index is 2.02. The summed E-state index contributed by atoms with van der Waals surface area (Å²) in [6.07, 6.45) is 0. The highest BCUT2D eigenvalue weighted by Gasteiger charge is 2.36. The molecule has 3 aromatic rings. The first-order valence-electron chi connectivity index (χ1n) is 8.06. The number of aliphatic hydroxyl groups is 1. The molecule has 0 atom stereocenters. The molecule has 0 amide bonds. The first-order valence-corrected chi connectivity index (χ1v) is 8.06. The van der Waals surface area contributed by atoms with Crippen molar-refractivity contribution in [2.75, 3.05) is 0 Å². The third kappa shape index (κ3) is 3.10. The molecule has 0 fully saturated rings. The highest BCUT2D eigenvalue weighted by Crippen LogP contribution is 2.24. The van der Waals surface area contributed by atoms with Gasteiger partial charge < -0.3 is 14.3 Å². The molecular formula is C19H22BN2O2. The molecule has 0 aliphatic rings. The third-order valence-electron chi connectivity index (χ3n) is 4.53. The third-order valence-corrected chi connectivity index (χ3v) is 4.53. The van der Waals surface area contributed by atoms with Crippen molar-refractivity contribution in [3.8, 4) is 5.69 Å². The maximum absolute atomic E-state index is 10.3. The van der Waals surface area contributed by atoms with Gasteiger partial charge in [-0.2, -0.15) is 0 Å². The number of nitrogens with zero attached hydrogens (tertiary/aromatic N) is 2. The summed E-state index contributed by atoms with van der Waals surface area (Å²) in [6, 6.07) is 18.0. The van der Waals surface area contributed by atoms with E-state index < -0.39 is 11.2 Å². The monoisotopic (exact) mass is 321 g/mol. The van der Waals surface area contributed by atoms with Gasteiger partial charge in [-0.25, -0.2) is 4.98 Å². The standard InChI is InChI=1S/C19H22BN2O2/c1-18(2,23)19(3,4)24-20-17-21-15-12-8-9-13-16(15)22(17)14-10-6-5-7-11-14/h5-13,23H,1-4H3. The molecule has 0 aliphatic heterocycles. The summed E-state index contributed by atoms with van der Waals surface area (Å²) >= 11 is 0. The second-order valence-electron chi connectivity index (χ2n) is 6.93. The molecule has 3 rings (SSSR count). The van der Waals surface area contributed by atoms with Gasteiger partial charge in [-0.15, -0.1) is 0 Å². The lowest BCUT2D eigenvalue weighted by Gasteiger charge is -2.37. The quantitative estimate of drug-likeness (QED) is 0.735. The van der Waals surface area contributed by atoms with Crippen molar-refractivity contribution in [1.82, 2.24) is 9.55 Å². The Kier molecular flexibility index (Phi) is 4.24. The van der Waals surface area contributed by atoms with E-state index in [1.807, 2.05) is 68.4 Å². The molecule has 0 spiro atoms. The van der Waals surface area contributed by atoms with E-state index in [4.69, 9.17) is 4.65 Å². The van der Waals surface area contributed by atoms with Crippen molar-refractivity contribution in [2.45, 2.75) is 38.9 Å². The smallest absolute Gasteiger partial charge is 0.376 e. The Morgan fingerprint density at radius 1 is 0.958 bits per heavy atom. The van der Waals surface area contributed by atoms with Crippen LogP contribution >= 0.6 is 0 Å². The SMILES string of the molecule is CC(C)(O)C(C)(C)O[B]c1nc2ccccc2n1-c1ccccc1. The summed E-state index contributed by atoms with van der Waals surface area (Å²) in [5.74, 6) is 0. The molecule has 0 aliphatic carbocycles. The van der Waals surface area contributed by atoms with E-state index in [9.17, 15) is 5.11 Å². The van der Waals surface area contributed by atoms with Crippen LogP contribution < -0.4 is 5.72 Å². The molecule has 0 unspecified atom stereocenters. The van der Waals surface area contributed by atoms with Crippen molar-refractivity contribution in [3.63, 3.8) is 0 Å². The molecule has 2 aromatic carbocycles. The largest absolute Gasteiger partial charge is 0.424 e. The number of imidazole rings is 1. The van der Waals surface area contributed by atoms with E-state index in [1.54, 1.807) is 21.3 Å². The van der Waals surface area contributed by atoms with Crippen LogP contribution in [0.5, 0.6) is 0 Å². The van der Waals surface area contributed by atoms with Crippen LogP contribution in [0, 0.1) is 0 Å². The minimum atomic E-state index is -0.979. The molecule has 0 saturated carbocycles. The molecule has 24 heavy (non-hydrogen) atoms. The van der Waals surface area contributed by atoms with Gasteiger partial charge in [-0.05, 0) is 52.0 Å². The highest BCUT2D eigenvalue weighted by molar-refractivity contribution is 6.45. The summed E-state index contributed by atoms with van der Waals surface area (Å²) in [7, 11) is 1.63. The van der Waals surface area contributed by atoms with Crippen LogP contribution in [0.2, 0.25) is 0 Å². The van der Waals surface area contributed by atoms with Gasteiger partial charge in [0.15, 0.2) is 0 Å². The Bertz CT molecular complexity index is 835. The number of hydrogen-bond acceptors (Lipinski definition) is 3. The lowest BCUT2D eigenvalue weighted by Crippen LogP contribution is -2.50. The fraction of sp³-hybridized carbons (Fsp3) is 0.316. The Hall–Kier alpha value is -2.11. The van der Waals surface area contributed by atoms with Crippen LogP contribution in [0.3, 0.4) is 0 Å². The topological polar surface area (TPSA) is 47.3 Å². The summed E-state index contributed by atoms with van der Waals surface area (Å²) in [5, 5.41) is 10.3. The summed E-state index contributed by atoms with van der Waals surface area (Å²) in [4.78, 5) is 4.67. The van der Waals surface area contributed by atoms with E-state index in [-0.39, 0.29) is 0 Å². The van der Waals surface area contributed by atoms with Gasteiger partial charge >= 0.3 is 7.48 Å². The summed E-state index contributed by atoms with van der Waals surface area (Å²) in [5.41, 5.74) is 1.90. The summed E-state index contributed by atoms with van der Waals surface area (Å²) in [6.45, 7) is 7.19. The molecule has 5 heteroatoms. The van der Waals surface area contributed by atoms with Gasteiger partial charge in [0.2, 0.25) is 0 Å². The number of aromatic nitrogens is 2. The van der Waals surface area contributed by atoms with E-state index in [0.717, 1.165) is 16.7 Å². The Labute approximate surface area is 143 Å². The van der Waals surface area contributed by atoms with Crippen molar-refractivity contribution < 1.29 is 9.76 Å². The molecule has 1 aromatic heterocycles. The number of fused-ring (bicyclic) bond motifs is 1. The lowest BCUT2D eigenvalue weighted by molar-refractivity contribution is -0.0894. The van der Waals surface area contributed by atoms with E-state index in [1.165, 1.54) is 0 Å². The minimum Gasteiger partial charge on any atom is -0.424 e. The van der Waals surface area contributed by atoms with Gasteiger partial charge in [0.25, 0.3) is 0 Å². The maximum atomic E-state index is 10.3. The van der Waals surface area contributed by atoms with Crippen LogP contribution in [0.15, 0.2) is 54.6 Å². The highest BCUT2D eigenvalue weighted by atomic mass is 16.5. The van der Waals surface area contributed by atoms with Crippen molar-refractivity contribution in [3.05, 3.63) is 54.6 Å². The van der Waals surface area contributed by atoms with Crippen LogP contribution in [-0.2, 0) is 4.65 Å². The van der Waals surface area contributed by atoms with Gasteiger partial charge in [0.1, 0.15) is 5.72 Å². The first-order chi connectivity index (χ1) is 11.3. The van der Waals surface area contributed by atoms with Crippen molar-refractivity contribution >= 4 is 24.2 Å². The minimum absolute atomic E-state index is 0.694. The average Bonchev–Trinajstić information content (AvgIpc) is 2.91. The molecule has 0 bridgehead atoms. The number of rotatable bonds is 5. The molecular weight excluding hydrogens is 299 g/mol. The van der Waals surface area contributed by atoms with Crippen LogP contribution in [0.4, 0.5) is 0 Å². The van der Waals surface area contributed by atoms with Crippen LogP contribution in [0.1, 0.15) is 27.7 Å².